The van der Waals surface area contributed by atoms with E-state index in [0.717, 1.165) is 51.1 Å². The van der Waals surface area contributed by atoms with Crippen LogP contribution in [0.15, 0.2) is 58.8 Å². The monoisotopic (exact) mass is 473 g/mol. The zero-order valence-corrected chi connectivity index (χ0v) is 17.7. The van der Waals surface area contributed by atoms with E-state index in [1.165, 1.54) is 10.1 Å². The number of hydrogen-bond acceptors (Lipinski definition) is 2. The first-order chi connectivity index (χ1) is 12.4. The van der Waals surface area contributed by atoms with Crippen LogP contribution in [0, 0.1) is 0 Å². The molecule has 2 aromatic heterocycles. The molecule has 0 bridgehead atoms. The van der Waals surface area contributed by atoms with E-state index < -0.39 is 0 Å². The molecule has 2 aromatic rings. The Kier molecular flexibility index (Phi) is 16.1. The Bertz CT molecular complexity index is 483. The van der Waals surface area contributed by atoms with Crippen LogP contribution < -0.4 is 9.97 Å². The van der Waals surface area contributed by atoms with E-state index in [2.05, 4.69) is 51.8 Å². The molecule has 0 atom stereocenters. The van der Waals surface area contributed by atoms with Crippen molar-refractivity contribution in [3.63, 3.8) is 0 Å². The number of aliphatic hydroxyl groups is 4. The largest absolute Gasteiger partial charge is 0.427 e. The SMILES string of the molecule is [Cl][Cu][Cl].c1ccc(SCC[OH+]CC[OH+]CCSc2cccc[nH+]2)[nH+]c1. The van der Waals surface area contributed by atoms with Crippen LogP contribution in [0.1, 0.15) is 0 Å². The third-order valence-electron chi connectivity index (χ3n) is 2.79. The van der Waals surface area contributed by atoms with Crippen LogP contribution in [0.5, 0.6) is 0 Å². The summed E-state index contributed by atoms with van der Waals surface area (Å²) in [5.74, 6) is 2.03. The van der Waals surface area contributed by atoms with E-state index in [0.29, 0.717) is 0 Å². The van der Waals surface area contributed by atoms with Gasteiger partial charge in [0.1, 0.15) is 0 Å². The molecular weight excluding hydrogens is 451 g/mol. The fraction of sp³-hybridized carbons (Fsp3) is 0.375. The van der Waals surface area contributed by atoms with Gasteiger partial charge in [0.05, 0.1) is 11.5 Å². The third-order valence-corrected chi connectivity index (χ3v) is 4.69. The van der Waals surface area contributed by atoms with Gasteiger partial charge in [0.2, 0.25) is 23.3 Å². The molecule has 4 N–H and O–H groups in total. The Morgan fingerprint density at radius 3 is 1.56 bits per heavy atom. The van der Waals surface area contributed by atoms with E-state index in [-0.39, 0.29) is 0 Å². The molecule has 0 radical (unpaired) electrons. The molecule has 25 heavy (non-hydrogen) atoms. The van der Waals surface area contributed by atoms with Crippen molar-refractivity contribution in [1.29, 1.82) is 0 Å². The van der Waals surface area contributed by atoms with Gasteiger partial charge < -0.3 is 9.47 Å². The van der Waals surface area contributed by atoms with E-state index in [9.17, 15) is 0 Å². The molecule has 0 aliphatic carbocycles. The fourth-order valence-corrected chi connectivity index (χ4v) is 3.27. The molecule has 0 aliphatic heterocycles. The molecule has 0 aliphatic rings. The van der Waals surface area contributed by atoms with Gasteiger partial charge in [-0.05, 0) is 35.7 Å². The van der Waals surface area contributed by atoms with Crippen molar-refractivity contribution in [3.8, 4) is 0 Å². The van der Waals surface area contributed by atoms with Gasteiger partial charge in [-0.25, -0.2) is 9.97 Å². The first-order valence-corrected chi connectivity index (χ1v) is 12.2. The summed E-state index contributed by atoms with van der Waals surface area (Å²) >= 11 is 4.36. The van der Waals surface area contributed by atoms with Gasteiger partial charge in [-0.3, -0.25) is 0 Å². The number of pyridine rings is 2. The Labute approximate surface area is 172 Å². The van der Waals surface area contributed by atoms with Crippen molar-refractivity contribution < 1.29 is 32.6 Å². The molecule has 0 fully saturated rings. The third kappa shape index (κ3) is 13.8. The first kappa shape index (κ1) is 23.1. The van der Waals surface area contributed by atoms with Crippen LogP contribution in [0.4, 0.5) is 0 Å². The predicted molar refractivity (Wildman–Crippen MR) is 103 cm³/mol. The van der Waals surface area contributed by atoms with Gasteiger partial charge >= 0.3 is 33.3 Å². The summed E-state index contributed by atoms with van der Waals surface area (Å²) in [6, 6.07) is 12.2. The van der Waals surface area contributed by atoms with Crippen LogP contribution in [0.25, 0.3) is 0 Å². The van der Waals surface area contributed by atoms with Crippen molar-refractivity contribution in [2.45, 2.75) is 10.1 Å². The van der Waals surface area contributed by atoms with E-state index >= 15 is 0 Å². The number of ether oxygens (including phenoxy) is 2. The van der Waals surface area contributed by atoms with Crippen molar-refractivity contribution in [3.05, 3.63) is 48.8 Å². The predicted octanol–water partition coefficient (Wildman–Crippen LogP) is 2.63. The minimum absolute atomic E-state index is 0.757. The summed E-state index contributed by atoms with van der Waals surface area (Å²) < 4.78 is 9.00. The molecule has 0 unspecified atom stereocenters. The number of hydrogen-bond donors (Lipinski definition) is 0. The molecular formula is C16H24Cl2CuN2O2S2+4. The number of nitrogens with one attached hydrogen (secondary N) is 2. The van der Waals surface area contributed by atoms with Crippen LogP contribution in [0.2, 0.25) is 0 Å². The second-order valence-corrected chi connectivity index (χ2v) is 8.36. The molecule has 9 heteroatoms. The van der Waals surface area contributed by atoms with Gasteiger partial charge in [0, 0.05) is 24.3 Å². The number of thioether (sulfide) groups is 2. The van der Waals surface area contributed by atoms with E-state index in [4.69, 9.17) is 0 Å². The minimum Gasteiger partial charge on any atom is -0.427 e. The van der Waals surface area contributed by atoms with Crippen molar-refractivity contribution in [1.82, 2.24) is 0 Å². The smallest absolute Gasteiger partial charge is 0.238 e. The summed E-state index contributed by atoms with van der Waals surface area (Å²) in [4.78, 5) is 6.41. The molecule has 4 nitrogen and oxygen atoms in total. The maximum atomic E-state index is 4.67. The Morgan fingerprint density at radius 2 is 1.20 bits per heavy atom. The second-order valence-electron chi connectivity index (χ2n) is 4.54. The molecule has 0 spiro atoms. The maximum absolute atomic E-state index is 4.67. The molecule has 143 valence electrons. The molecule has 0 saturated heterocycles. The number of rotatable bonds is 11. The molecule has 0 amide bonds. The standard InChI is InChI=1S/C16H20N2O2S2.2ClH.Cu/c1-3-7-17-15(5-1)21-13-11-19-9-10-20-12-14-22-16-6-2-4-8-18-16;;;/h1-8H,9-14H2;2*1H;/q;;;+2/p+2. The molecule has 0 aromatic carbocycles. The average molecular weight is 475 g/mol. The molecule has 2 rings (SSSR count). The Balaban J connectivity index is 0.000000970. The number of aromatic amines is 2. The summed E-state index contributed by atoms with van der Waals surface area (Å²) in [5, 5.41) is 2.38. The van der Waals surface area contributed by atoms with Crippen molar-refractivity contribution in [2.75, 3.05) is 37.9 Å². The van der Waals surface area contributed by atoms with Gasteiger partial charge in [-0.15, -0.1) is 0 Å². The number of H-pyrrole nitrogens is 2. The van der Waals surface area contributed by atoms with Crippen LogP contribution in [0.3, 0.4) is 0 Å². The van der Waals surface area contributed by atoms with Crippen molar-refractivity contribution >= 4 is 43.7 Å². The summed E-state index contributed by atoms with van der Waals surface area (Å²) in [6.45, 7) is 3.44. The van der Waals surface area contributed by atoms with Crippen molar-refractivity contribution in [2.24, 2.45) is 0 Å². The first-order valence-electron chi connectivity index (χ1n) is 7.63. The normalized spacial score (nSPS) is 10.3. The number of aromatic nitrogens is 2. The molecule has 2 heterocycles. The Hall–Kier alpha value is 0.0195. The van der Waals surface area contributed by atoms with Gasteiger partial charge in [-0.2, -0.15) is 0 Å². The van der Waals surface area contributed by atoms with Gasteiger partial charge in [-0.1, -0.05) is 0 Å². The van der Waals surface area contributed by atoms with E-state index in [1.54, 1.807) is 23.5 Å². The van der Waals surface area contributed by atoms with Gasteiger partial charge in [0.15, 0.2) is 25.6 Å². The molecule has 0 saturated carbocycles. The summed E-state index contributed by atoms with van der Waals surface area (Å²) in [7, 11) is 9.34. The average Bonchev–Trinajstić information content (AvgIpc) is 2.65. The Morgan fingerprint density at radius 1 is 0.760 bits per heavy atom. The topological polar surface area (TPSA) is 53.9 Å². The second kappa shape index (κ2) is 17.4. The minimum atomic E-state index is 0.757. The van der Waals surface area contributed by atoms with E-state index in [1.807, 2.05) is 36.7 Å². The van der Waals surface area contributed by atoms with Crippen LogP contribution in [-0.2, 0) is 13.1 Å². The fourth-order valence-electron chi connectivity index (χ4n) is 1.74. The van der Waals surface area contributed by atoms with Crippen LogP contribution >= 0.6 is 43.7 Å². The summed E-state index contributed by atoms with van der Waals surface area (Å²) in [5.41, 5.74) is 0. The number of halogens is 2. The van der Waals surface area contributed by atoms with Crippen LogP contribution in [-0.4, -0.2) is 47.4 Å². The maximum Gasteiger partial charge on any atom is 0.238 e. The zero-order chi connectivity index (χ0) is 18.0. The quantitative estimate of drug-likeness (QED) is 0.217. The summed E-state index contributed by atoms with van der Waals surface area (Å²) in [6.07, 6.45) is 3.90. The zero-order valence-electron chi connectivity index (χ0n) is 13.6. The van der Waals surface area contributed by atoms with Gasteiger partial charge in [0.25, 0.3) is 0 Å².